The summed E-state index contributed by atoms with van der Waals surface area (Å²) in [4.78, 5) is 13.5. The van der Waals surface area contributed by atoms with Crippen LogP contribution in [0.3, 0.4) is 0 Å². The van der Waals surface area contributed by atoms with E-state index in [0.717, 1.165) is 0 Å². The van der Waals surface area contributed by atoms with Gasteiger partial charge >= 0.3 is 0 Å². The average molecular weight is 256 g/mol. The quantitative estimate of drug-likeness (QED) is 0.787. The number of rotatable bonds is 4. The minimum absolute atomic E-state index is 0.116. The molecule has 1 saturated heterocycles. The van der Waals surface area contributed by atoms with Gasteiger partial charge in [0.15, 0.2) is 6.61 Å². The molecule has 0 spiro atoms. The first-order chi connectivity index (χ1) is 8.70. The van der Waals surface area contributed by atoms with Crippen LogP contribution in [-0.2, 0) is 9.53 Å². The summed E-state index contributed by atoms with van der Waals surface area (Å²) in [5.41, 5.74) is 0. The fourth-order valence-corrected chi connectivity index (χ4v) is 1.76. The van der Waals surface area contributed by atoms with Crippen molar-refractivity contribution in [3.05, 3.63) is 11.8 Å². The number of hydrogen-bond donors (Lipinski definition) is 1. The van der Waals surface area contributed by atoms with Gasteiger partial charge in [-0.2, -0.15) is 0 Å². The smallest absolute Gasteiger partial charge is 0.261 e. The van der Waals surface area contributed by atoms with Gasteiger partial charge in [-0.1, -0.05) is 0 Å². The number of morpholine rings is 1. The number of aromatic nitrogens is 1. The highest BCUT2D eigenvalue weighted by atomic mass is 16.5. The molecule has 1 aliphatic rings. The molecular weight excluding hydrogens is 240 g/mol. The minimum atomic E-state index is -0.297. The molecule has 1 amide bonds. The summed E-state index contributed by atoms with van der Waals surface area (Å²) < 4.78 is 15.2. The van der Waals surface area contributed by atoms with Crippen LogP contribution in [0.1, 0.15) is 5.76 Å². The molecule has 1 fully saturated rings. The molecule has 1 N–H and O–H groups in total. The van der Waals surface area contributed by atoms with E-state index >= 15 is 0 Å². The van der Waals surface area contributed by atoms with Gasteiger partial charge in [-0.25, -0.2) is 0 Å². The predicted molar refractivity (Wildman–Crippen MR) is 60.1 cm³/mol. The monoisotopic (exact) mass is 256 g/mol. The lowest BCUT2D eigenvalue weighted by Crippen LogP contribution is -2.51. The highest BCUT2D eigenvalue weighted by Crippen LogP contribution is 2.11. The van der Waals surface area contributed by atoms with Crippen LogP contribution in [0.25, 0.3) is 0 Å². The highest BCUT2D eigenvalue weighted by molar-refractivity contribution is 5.78. The number of nitrogens with zero attached hydrogens (tertiary/aromatic N) is 2. The number of aliphatic hydroxyl groups is 1. The Morgan fingerprint density at radius 2 is 2.56 bits per heavy atom. The third-order valence-electron chi connectivity index (χ3n) is 2.71. The third kappa shape index (κ3) is 2.99. The average Bonchev–Trinajstić information content (AvgIpc) is 2.81. The van der Waals surface area contributed by atoms with Crippen LogP contribution in [0.4, 0.5) is 0 Å². The van der Waals surface area contributed by atoms with E-state index < -0.39 is 0 Å². The van der Waals surface area contributed by atoms with Crippen molar-refractivity contribution in [2.24, 2.45) is 0 Å². The first-order valence-corrected chi connectivity index (χ1v) is 5.75. The molecule has 0 saturated carbocycles. The zero-order valence-corrected chi connectivity index (χ0v) is 10.2. The molecule has 2 heterocycles. The van der Waals surface area contributed by atoms with Gasteiger partial charge < -0.3 is 24.0 Å². The fraction of sp³-hybridized carbons (Fsp3) is 0.636. The van der Waals surface area contributed by atoms with Crippen LogP contribution in [0.5, 0.6) is 5.88 Å². The summed E-state index contributed by atoms with van der Waals surface area (Å²) in [6.07, 6.45) is 0. The first kappa shape index (κ1) is 12.8. The second kappa shape index (κ2) is 5.83. The van der Waals surface area contributed by atoms with Crippen molar-refractivity contribution in [1.82, 2.24) is 10.1 Å². The fourth-order valence-electron chi connectivity index (χ4n) is 1.76. The molecule has 2 rings (SSSR count). The van der Waals surface area contributed by atoms with Gasteiger partial charge in [0.05, 0.1) is 25.9 Å². The molecule has 7 heteroatoms. The minimum Gasteiger partial charge on any atom is -0.465 e. The lowest BCUT2D eigenvalue weighted by molar-refractivity contribution is -0.143. The van der Waals surface area contributed by atoms with Crippen LogP contribution in [0, 0.1) is 6.92 Å². The van der Waals surface area contributed by atoms with Crippen molar-refractivity contribution in [3.8, 4) is 5.88 Å². The van der Waals surface area contributed by atoms with Gasteiger partial charge in [0.25, 0.3) is 11.8 Å². The van der Waals surface area contributed by atoms with Crippen molar-refractivity contribution >= 4 is 5.91 Å². The van der Waals surface area contributed by atoms with Crippen LogP contribution in [0.15, 0.2) is 10.6 Å². The van der Waals surface area contributed by atoms with E-state index in [1.807, 2.05) is 0 Å². The molecule has 0 aromatic carbocycles. The molecule has 18 heavy (non-hydrogen) atoms. The number of carbonyl (C=O) groups excluding carboxylic acids is 1. The van der Waals surface area contributed by atoms with E-state index in [-0.39, 0.29) is 31.0 Å². The molecule has 1 atom stereocenters. The Kier molecular flexibility index (Phi) is 4.16. The molecule has 1 aromatic rings. The summed E-state index contributed by atoms with van der Waals surface area (Å²) in [6.45, 7) is 2.80. The maximum atomic E-state index is 11.9. The second-order valence-corrected chi connectivity index (χ2v) is 4.06. The number of amides is 1. The van der Waals surface area contributed by atoms with E-state index in [1.54, 1.807) is 17.9 Å². The molecule has 1 aliphatic heterocycles. The van der Waals surface area contributed by atoms with Crippen LogP contribution < -0.4 is 4.74 Å². The maximum absolute atomic E-state index is 11.9. The lowest BCUT2D eigenvalue weighted by atomic mass is 10.2. The number of carbonyl (C=O) groups is 1. The van der Waals surface area contributed by atoms with Crippen molar-refractivity contribution in [1.29, 1.82) is 0 Å². The molecule has 0 aliphatic carbocycles. The SMILES string of the molecule is Cc1cc(OCC(=O)N2CCOCC2CO)no1. The van der Waals surface area contributed by atoms with E-state index in [9.17, 15) is 4.79 Å². The molecule has 0 bridgehead atoms. The number of hydrogen-bond acceptors (Lipinski definition) is 6. The summed E-state index contributed by atoms with van der Waals surface area (Å²) in [5, 5.41) is 12.8. The van der Waals surface area contributed by atoms with Gasteiger partial charge in [0.2, 0.25) is 0 Å². The van der Waals surface area contributed by atoms with Gasteiger partial charge in [0.1, 0.15) is 5.76 Å². The Labute approximate surface area is 104 Å². The van der Waals surface area contributed by atoms with Gasteiger partial charge in [0, 0.05) is 12.6 Å². The Morgan fingerprint density at radius 3 is 3.22 bits per heavy atom. The Balaban J connectivity index is 1.86. The van der Waals surface area contributed by atoms with E-state index in [4.69, 9.17) is 19.1 Å². The maximum Gasteiger partial charge on any atom is 0.261 e. The number of aliphatic hydroxyl groups excluding tert-OH is 1. The zero-order valence-electron chi connectivity index (χ0n) is 10.2. The molecule has 1 aromatic heterocycles. The van der Waals surface area contributed by atoms with Crippen LogP contribution >= 0.6 is 0 Å². The van der Waals surface area contributed by atoms with E-state index in [0.29, 0.717) is 25.5 Å². The summed E-state index contributed by atoms with van der Waals surface area (Å²) in [7, 11) is 0. The lowest BCUT2D eigenvalue weighted by Gasteiger charge is -2.34. The van der Waals surface area contributed by atoms with Crippen molar-refractivity contribution in [2.75, 3.05) is 33.0 Å². The summed E-state index contributed by atoms with van der Waals surface area (Å²) >= 11 is 0. The zero-order chi connectivity index (χ0) is 13.0. The Bertz CT molecular complexity index is 406. The third-order valence-corrected chi connectivity index (χ3v) is 2.71. The standard InChI is InChI=1S/C11H16N2O5/c1-8-4-10(12-18-8)17-7-11(15)13-2-3-16-6-9(13)5-14/h4,9,14H,2-3,5-7H2,1H3. The van der Waals surface area contributed by atoms with Crippen molar-refractivity contribution in [2.45, 2.75) is 13.0 Å². The normalized spacial score (nSPS) is 19.9. The molecular formula is C11H16N2O5. The molecule has 0 radical (unpaired) electrons. The second-order valence-electron chi connectivity index (χ2n) is 4.06. The largest absolute Gasteiger partial charge is 0.465 e. The Morgan fingerprint density at radius 1 is 1.72 bits per heavy atom. The summed E-state index contributed by atoms with van der Waals surface area (Å²) in [6, 6.07) is 1.31. The van der Waals surface area contributed by atoms with Crippen LogP contribution in [-0.4, -0.2) is 60.1 Å². The van der Waals surface area contributed by atoms with Crippen molar-refractivity contribution < 1.29 is 23.9 Å². The van der Waals surface area contributed by atoms with Gasteiger partial charge in [-0.3, -0.25) is 4.79 Å². The van der Waals surface area contributed by atoms with Crippen molar-refractivity contribution in [3.63, 3.8) is 0 Å². The number of aryl methyl sites for hydroxylation is 1. The van der Waals surface area contributed by atoms with E-state index in [1.165, 1.54) is 0 Å². The molecule has 7 nitrogen and oxygen atoms in total. The van der Waals surface area contributed by atoms with Gasteiger partial charge in [-0.05, 0) is 12.1 Å². The molecule has 100 valence electrons. The number of ether oxygens (including phenoxy) is 2. The summed E-state index contributed by atoms with van der Waals surface area (Å²) in [5.74, 6) is 0.713. The highest BCUT2D eigenvalue weighted by Gasteiger charge is 2.26. The topological polar surface area (TPSA) is 85.0 Å². The van der Waals surface area contributed by atoms with E-state index in [2.05, 4.69) is 5.16 Å². The van der Waals surface area contributed by atoms with Crippen LogP contribution in [0.2, 0.25) is 0 Å². The Hall–Kier alpha value is -1.60. The molecule has 1 unspecified atom stereocenters. The predicted octanol–water partition coefficient (Wildman–Crippen LogP) is -0.418. The first-order valence-electron chi connectivity index (χ1n) is 5.75. The van der Waals surface area contributed by atoms with Gasteiger partial charge in [-0.15, -0.1) is 0 Å².